The number of hydrogen-bond acceptors (Lipinski definition) is 3. The van der Waals surface area contributed by atoms with Gasteiger partial charge in [0.2, 0.25) is 0 Å². The molecule has 0 amide bonds. The Labute approximate surface area is 107 Å². The topological polar surface area (TPSA) is 72.6 Å². The van der Waals surface area contributed by atoms with Crippen molar-refractivity contribution in [3.8, 4) is 0 Å². The molecule has 1 heterocycles. The molecular formula is C14H19NO3. The number of carbonyl (C=O) groups is 1. The minimum atomic E-state index is -0.959. The predicted octanol–water partition coefficient (Wildman–Crippen LogP) is 1.91. The molecule has 1 aromatic rings. The summed E-state index contributed by atoms with van der Waals surface area (Å²) in [6.07, 6.45) is 0. The van der Waals surface area contributed by atoms with Crippen LogP contribution in [0.1, 0.15) is 36.9 Å². The first-order chi connectivity index (χ1) is 8.47. The zero-order valence-electron chi connectivity index (χ0n) is 10.7. The van der Waals surface area contributed by atoms with Crippen molar-refractivity contribution in [2.24, 2.45) is 11.1 Å². The Morgan fingerprint density at radius 1 is 1.28 bits per heavy atom. The molecule has 1 aromatic carbocycles. The number of nitrogens with two attached hydrogens (primary N) is 1. The lowest BCUT2D eigenvalue weighted by molar-refractivity contribution is -0.184. The second kappa shape index (κ2) is 4.71. The summed E-state index contributed by atoms with van der Waals surface area (Å²) in [5.41, 5.74) is 7.22. The molecule has 4 heteroatoms. The molecule has 1 atom stereocenters. The van der Waals surface area contributed by atoms with Crippen LogP contribution in [0.2, 0.25) is 0 Å². The number of aliphatic carboxylic acids is 1. The first-order valence-electron chi connectivity index (χ1n) is 6.14. The van der Waals surface area contributed by atoms with Gasteiger partial charge in [-0.05, 0) is 17.0 Å². The molecule has 0 aliphatic carbocycles. The molecule has 98 valence electrons. The summed E-state index contributed by atoms with van der Waals surface area (Å²) in [6.45, 7) is 4.62. The standard InChI is InChI=1S/C14H19NO3/c1-9(2)10-3-5-11(6-4-10)12(15)14(13(16)17)7-18-8-14/h3-6,9,12H,7-8,15H2,1-2H3,(H,16,17). The van der Waals surface area contributed by atoms with Crippen molar-refractivity contribution in [3.63, 3.8) is 0 Å². The number of carboxylic acid groups (broad SMARTS) is 1. The van der Waals surface area contributed by atoms with Crippen LogP contribution in [0.15, 0.2) is 24.3 Å². The highest BCUT2D eigenvalue weighted by atomic mass is 16.5. The van der Waals surface area contributed by atoms with Crippen molar-refractivity contribution in [1.82, 2.24) is 0 Å². The van der Waals surface area contributed by atoms with Gasteiger partial charge >= 0.3 is 5.97 Å². The summed E-state index contributed by atoms with van der Waals surface area (Å²) < 4.78 is 5.04. The van der Waals surface area contributed by atoms with Gasteiger partial charge in [0.1, 0.15) is 5.41 Å². The van der Waals surface area contributed by atoms with E-state index in [2.05, 4.69) is 13.8 Å². The van der Waals surface area contributed by atoms with E-state index >= 15 is 0 Å². The molecule has 1 saturated heterocycles. The Bertz CT molecular complexity index is 435. The van der Waals surface area contributed by atoms with Gasteiger partial charge < -0.3 is 15.6 Å². The highest BCUT2D eigenvalue weighted by molar-refractivity contribution is 5.77. The lowest BCUT2D eigenvalue weighted by atomic mass is 9.75. The maximum atomic E-state index is 11.3. The third-order valence-electron chi connectivity index (χ3n) is 3.70. The Balaban J connectivity index is 2.23. The Morgan fingerprint density at radius 2 is 1.78 bits per heavy atom. The van der Waals surface area contributed by atoms with E-state index < -0.39 is 17.4 Å². The molecule has 1 unspecified atom stereocenters. The SMILES string of the molecule is CC(C)c1ccc(C(N)C2(C(=O)O)COC2)cc1. The van der Waals surface area contributed by atoms with E-state index in [1.54, 1.807) is 0 Å². The summed E-state index contributed by atoms with van der Waals surface area (Å²) in [4.78, 5) is 11.3. The second-order valence-electron chi connectivity index (χ2n) is 5.25. The number of rotatable bonds is 4. The van der Waals surface area contributed by atoms with E-state index in [0.717, 1.165) is 5.56 Å². The summed E-state index contributed by atoms with van der Waals surface area (Å²) in [7, 11) is 0. The summed E-state index contributed by atoms with van der Waals surface area (Å²) in [6, 6.07) is 7.33. The molecular weight excluding hydrogens is 230 g/mol. The van der Waals surface area contributed by atoms with Crippen molar-refractivity contribution in [2.75, 3.05) is 13.2 Å². The van der Waals surface area contributed by atoms with E-state index in [1.165, 1.54) is 5.56 Å². The highest BCUT2D eigenvalue weighted by Crippen LogP contribution is 2.39. The molecule has 3 N–H and O–H groups in total. The van der Waals surface area contributed by atoms with Gasteiger partial charge in [-0.1, -0.05) is 38.1 Å². The first-order valence-corrected chi connectivity index (χ1v) is 6.14. The molecule has 1 aliphatic rings. The minimum absolute atomic E-state index is 0.190. The molecule has 4 nitrogen and oxygen atoms in total. The van der Waals surface area contributed by atoms with Crippen molar-refractivity contribution < 1.29 is 14.6 Å². The first kappa shape index (κ1) is 13.1. The van der Waals surface area contributed by atoms with E-state index in [-0.39, 0.29) is 13.2 Å². The van der Waals surface area contributed by atoms with Crippen LogP contribution in [0.4, 0.5) is 0 Å². The highest BCUT2D eigenvalue weighted by Gasteiger charge is 2.51. The Hall–Kier alpha value is -1.39. The molecule has 0 radical (unpaired) electrons. The van der Waals surface area contributed by atoms with Gasteiger partial charge in [0, 0.05) is 0 Å². The molecule has 0 bridgehead atoms. The molecule has 2 rings (SSSR count). The molecule has 1 aliphatic heterocycles. The van der Waals surface area contributed by atoms with Crippen LogP contribution in [0.25, 0.3) is 0 Å². The average molecular weight is 249 g/mol. The van der Waals surface area contributed by atoms with Crippen LogP contribution in [-0.2, 0) is 9.53 Å². The molecule has 0 spiro atoms. The summed E-state index contributed by atoms with van der Waals surface area (Å²) in [5, 5.41) is 9.30. The number of carboxylic acids is 1. The smallest absolute Gasteiger partial charge is 0.316 e. The van der Waals surface area contributed by atoms with Gasteiger partial charge in [-0.3, -0.25) is 4.79 Å². The van der Waals surface area contributed by atoms with Gasteiger partial charge in [-0.2, -0.15) is 0 Å². The van der Waals surface area contributed by atoms with E-state index in [0.29, 0.717) is 5.92 Å². The van der Waals surface area contributed by atoms with E-state index in [9.17, 15) is 9.90 Å². The van der Waals surface area contributed by atoms with E-state index in [4.69, 9.17) is 10.5 Å². The van der Waals surface area contributed by atoms with Crippen LogP contribution in [0.3, 0.4) is 0 Å². The van der Waals surface area contributed by atoms with Gasteiger partial charge in [0.15, 0.2) is 0 Å². The average Bonchev–Trinajstić information content (AvgIpc) is 2.27. The third-order valence-corrected chi connectivity index (χ3v) is 3.70. The van der Waals surface area contributed by atoms with Gasteiger partial charge in [-0.15, -0.1) is 0 Å². The Kier molecular flexibility index (Phi) is 3.41. The molecule has 18 heavy (non-hydrogen) atoms. The normalized spacial score (nSPS) is 19.3. The second-order valence-corrected chi connectivity index (χ2v) is 5.25. The van der Waals surface area contributed by atoms with Crippen LogP contribution in [0.5, 0.6) is 0 Å². The third kappa shape index (κ3) is 2.02. The zero-order chi connectivity index (χ0) is 13.3. The van der Waals surface area contributed by atoms with Crippen molar-refractivity contribution in [2.45, 2.75) is 25.8 Å². The summed E-state index contributed by atoms with van der Waals surface area (Å²) in [5.74, 6) is -0.426. The molecule has 0 aromatic heterocycles. The van der Waals surface area contributed by atoms with Crippen LogP contribution in [0, 0.1) is 5.41 Å². The van der Waals surface area contributed by atoms with Crippen molar-refractivity contribution >= 4 is 5.97 Å². The number of ether oxygens (including phenoxy) is 1. The van der Waals surface area contributed by atoms with Crippen LogP contribution in [-0.4, -0.2) is 24.3 Å². The van der Waals surface area contributed by atoms with Crippen molar-refractivity contribution in [1.29, 1.82) is 0 Å². The van der Waals surface area contributed by atoms with Crippen LogP contribution < -0.4 is 5.73 Å². The lowest BCUT2D eigenvalue weighted by Gasteiger charge is -2.41. The lowest BCUT2D eigenvalue weighted by Crippen LogP contribution is -2.55. The van der Waals surface area contributed by atoms with Gasteiger partial charge in [-0.25, -0.2) is 0 Å². The number of hydrogen-bond donors (Lipinski definition) is 2. The number of benzene rings is 1. The fraction of sp³-hybridized carbons (Fsp3) is 0.500. The summed E-state index contributed by atoms with van der Waals surface area (Å²) >= 11 is 0. The fourth-order valence-electron chi connectivity index (χ4n) is 2.17. The van der Waals surface area contributed by atoms with E-state index in [1.807, 2.05) is 24.3 Å². The van der Waals surface area contributed by atoms with Gasteiger partial charge in [0.05, 0.1) is 19.3 Å². The zero-order valence-corrected chi connectivity index (χ0v) is 10.7. The van der Waals surface area contributed by atoms with Crippen molar-refractivity contribution in [3.05, 3.63) is 35.4 Å². The maximum absolute atomic E-state index is 11.3. The van der Waals surface area contributed by atoms with Gasteiger partial charge in [0.25, 0.3) is 0 Å². The maximum Gasteiger partial charge on any atom is 0.316 e. The quantitative estimate of drug-likeness (QED) is 0.855. The predicted molar refractivity (Wildman–Crippen MR) is 68.3 cm³/mol. The molecule has 1 fully saturated rings. The monoisotopic (exact) mass is 249 g/mol. The fourth-order valence-corrected chi connectivity index (χ4v) is 2.17. The molecule has 0 saturated carbocycles. The minimum Gasteiger partial charge on any atom is -0.481 e. The Morgan fingerprint density at radius 3 is 2.11 bits per heavy atom. The largest absolute Gasteiger partial charge is 0.481 e. The van der Waals surface area contributed by atoms with Crippen LogP contribution >= 0.6 is 0 Å².